The Morgan fingerprint density at radius 2 is 1.03 bits per heavy atom. The fourth-order valence-electron chi connectivity index (χ4n) is 5.73. The molecule has 0 bridgehead atoms. The highest BCUT2D eigenvalue weighted by Gasteiger charge is 2.29. The molecule has 5 aromatic rings. The Morgan fingerprint density at radius 3 is 1.58 bits per heavy atom. The number of hydrogen-bond donors (Lipinski definition) is 3. The first kappa shape index (κ1) is 42.8. The zero-order valence-electron chi connectivity index (χ0n) is 32.8. The third kappa shape index (κ3) is 13.7. The van der Waals surface area contributed by atoms with E-state index < -0.39 is 42.1 Å². The lowest BCUT2D eigenvalue weighted by molar-refractivity contribution is -0.145. The van der Waals surface area contributed by atoms with Gasteiger partial charge < -0.3 is 44.4 Å². The summed E-state index contributed by atoms with van der Waals surface area (Å²) in [4.78, 5) is 64.2. The van der Waals surface area contributed by atoms with Crippen molar-refractivity contribution in [2.24, 2.45) is 0 Å². The zero-order valence-corrected chi connectivity index (χ0v) is 32.8. The van der Waals surface area contributed by atoms with E-state index in [1.54, 1.807) is 30.3 Å². The van der Waals surface area contributed by atoms with Gasteiger partial charge in [0.2, 0.25) is 5.91 Å². The molecule has 59 heavy (non-hydrogen) atoms. The number of amides is 3. The third-order valence-electron chi connectivity index (χ3n) is 8.65. The largest absolute Gasteiger partial charge is 0.485 e. The minimum absolute atomic E-state index is 0.0367. The molecule has 14 heteroatoms. The zero-order chi connectivity index (χ0) is 42.0. The van der Waals surface area contributed by atoms with E-state index in [4.69, 9.17) is 28.4 Å². The number of ether oxygens (including phenoxy) is 6. The van der Waals surface area contributed by atoms with Gasteiger partial charge in [0.05, 0.1) is 7.11 Å². The highest BCUT2D eigenvalue weighted by atomic mass is 16.6. The van der Waals surface area contributed by atoms with Crippen molar-refractivity contribution in [3.63, 3.8) is 0 Å². The van der Waals surface area contributed by atoms with E-state index in [9.17, 15) is 24.0 Å². The van der Waals surface area contributed by atoms with Crippen LogP contribution in [0.4, 0.5) is 9.59 Å². The van der Waals surface area contributed by atoms with E-state index in [1.165, 1.54) is 39.3 Å². The lowest BCUT2D eigenvalue weighted by Crippen LogP contribution is -2.53. The molecule has 0 aromatic heterocycles. The molecule has 5 rings (SSSR count). The minimum Gasteiger partial charge on any atom is -0.485 e. The second kappa shape index (κ2) is 21.8. The van der Waals surface area contributed by atoms with Gasteiger partial charge in [-0.2, -0.15) is 0 Å². The van der Waals surface area contributed by atoms with E-state index in [2.05, 4.69) is 16.0 Å². The second-order valence-electron chi connectivity index (χ2n) is 13.1. The van der Waals surface area contributed by atoms with Gasteiger partial charge in [-0.1, -0.05) is 103 Å². The van der Waals surface area contributed by atoms with Crippen LogP contribution in [0.25, 0.3) is 0 Å². The van der Waals surface area contributed by atoms with Crippen LogP contribution in [0.15, 0.2) is 127 Å². The molecule has 5 aromatic carbocycles. The maximum absolute atomic E-state index is 14.1. The standard InChI is InChI=1S/C45H45N3O11/c1-30(49)58-39-22-20-35(26-41(39)59-44(52)46-2)24-37(43(51)54-3)47-42(50)36(48-45(53)57-29-33-17-11-6-12-18-33)23-34-19-21-38(55-27-31-13-7-4-8-14-31)40(25-34)56-28-32-15-9-5-10-16-32/h4-22,25-26,36-37H,23-24,27-29H2,1-3H3,(H,46,52)(H,47,50)(H,48,53)/t36-,37-/m0/s1. The molecule has 0 saturated carbocycles. The van der Waals surface area contributed by atoms with Crippen molar-refractivity contribution in [3.05, 3.63) is 155 Å². The molecule has 3 amide bonds. The molecule has 14 nitrogen and oxygen atoms in total. The summed E-state index contributed by atoms with van der Waals surface area (Å²) in [5.41, 5.74) is 3.62. The number of rotatable bonds is 18. The molecule has 3 N–H and O–H groups in total. The van der Waals surface area contributed by atoms with Gasteiger partial charge in [-0.15, -0.1) is 0 Å². The maximum atomic E-state index is 14.1. The van der Waals surface area contributed by atoms with Crippen LogP contribution in [-0.4, -0.2) is 56.3 Å². The fraction of sp³-hybridized carbons (Fsp3) is 0.222. The molecule has 0 aliphatic rings. The van der Waals surface area contributed by atoms with Crippen LogP contribution in [0.5, 0.6) is 23.0 Å². The number of benzene rings is 5. The van der Waals surface area contributed by atoms with Crippen LogP contribution < -0.4 is 34.9 Å². The Morgan fingerprint density at radius 1 is 0.525 bits per heavy atom. The second-order valence-corrected chi connectivity index (χ2v) is 13.1. The van der Waals surface area contributed by atoms with Crippen molar-refractivity contribution in [1.82, 2.24) is 16.0 Å². The average molecular weight is 804 g/mol. The molecule has 306 valence electrons. The Bertz CT molecular complexity index is 2180. The summed E-state index contributed by atoms with van der Waals surface area (Å²) in [5, 5.41) is 7.67. The first-order valence-corrected chi connectivity index (χ1v) is 18.6. The lowest BCUT2D eigenvalue weighted by Gasteiger charge is -2.23. The molecule has 2 atom stereocenters. The van der Waals surface area contributed by atoms with Gasteiger partial charge in [0.15, 0.2) is 23.0 Å². The minimum atomic E-state index is -1.27. The molecule has 0 unspecified atom stereocenters. The molecular formula is C45H45N3O11. The number of esters is 2. The summed E-state index contributed by atoms with van der Waals surface area (Å²) in [5.74, 6) is -1.43. The van der Waals surface area contributed by atoms with Gasteiger partial charge in [0, 0.05) is 26.8 Å². The molecular weight excluding hydrogens is 759 g/mol. The lowest BCUT2D eigenvalue weighted by atomic mass is 10.0. The predicted molar refractivity (Wildman–Crippen MR) is 216 cm³/mol. The van der Waals surface area contributed by atoms with E-state index in [0.717, 1.165) is 16.7 Å². The molecule has 0 radical (unpaired) electrons. The van der Waals surface area contributed by atoms with Gasteiger partial charge >= 0.3 is 24.1 Å². The quantitative estimate of drug-likeness (QED) is 0.0677. The van der Waals surface area contributed by atoms with Gasteiger partial charge in [0.1, 0.15) is 31.9 Å². The molecule has 0 aliphatic heterocycles. The molecule has 0 fully saturated rings. The van der Waals surface area contributed by atoms with Gasteiger partial charge in [-0.05, 0) is 52.1 Å². The van der Waals surface area contributed by atoms with Crippen molar-refractivity contribution >= 4 is 30.0 Å². The highest BCUT2D eigenvalue weighted by Crippen LogP contribution is 2.32. The molecule has 0 heterocycles. The van der Waals surface area contributed by atoms with Crippen molar-refractivity contribution in [2.75, 3.05) is 14.2 Å². The third-order valence-corrected chi connectivity index (χ3v) is 8.65. The number of nitrogens with one attached hydrogen (secondary N) is 3. The van der Waals surface area contributed by atoms with E-state index in [1.807, 2.05) is 78.9 Å². The first-order chi connectivity index (χ1) is 28.6. The normalized spacial score (nSPS) is 11.5. The van der Waals surface area contributed by atoms with Gasteiger partial charge in [-0.3, -0.25) is 9.59 Å². The number of hydrogen-bond acceptors (Lipinski definition) is 11. The number of carbonyl (C=O) groups excluding carboxylic acids is 5. The Hall–Kier alpha value is -7.35. The van der Waals surface area contributed by atoms with E-state index in [0.29, 0.717) is 22.6 Å². The van der Waals surface area contributed by atoms with Crippen LogP contribution in [0.2, 0.25) is 0 Å². The molecule has 0 spiro atoms. The summed E-state index contributed by atoms with van der Waals surface area (Å²) < 4.78 is 33.4. The van der Waals surface area contributed by atoms with Crippen molar-refractivity contribution in [3.8, 4) is 23.0 Å². The topological polar surface area (TPSA) is 177 Å². The molecule has 0 aliphatic carbocycles. The van der Waals surface area contributed by atoms with Crippen LogP contribution in [0, 0.1) is 0 Å². The number of methoxy groups -OCH3 is 1. The van der Waals surface area contributed by atoms with E-state index >= 15 is 0 Å². The highest BCUT2D eigenvalue weighted by molar-refractivity contribution is 5.90. The first-order valence-electron chi connectivity index (χ1n) is 18.6. The van der Waals surface area contributed by atoms with Crippen molar-refractivity contribution in [2.45, 2.75) is 51.7 Å². The summed E-state index contributed by atoms with van der Waals surface area (Å²) in [6, 6.07) is 35.3. The summed E-state index contributed by atoms with van der Waals surface area (Å²) in [6.07, 6.45) is -1.89. The van der Waals surface area contributed by atoms with Crippen LogP contribution >= 0.6 is 0 Å². The van der Waals surface area contributed by atoms with E-state index in [-0.39, 0.29) is 44.2 Å². The van der Waals surface area contributed by atoms with Gasteiger partial charge in [0.25, 0.3) is 0 Å². The van der Waals surface area contributed by atoms with Crippen LogP contribution in [0.3, 0.4) is 0 Å². The molecule has 0 saturated heterocycles. The van der Waals surface area contributed by atoms with Crippen molar-refractivity contribution < 1.29 is 52.4 Å². The average Bonchev–Trinajstić information content (AvgIpc) is 3.25. The number of carbonyl (C=O) groups is 5. The maximum Gasteiger partial charge on any atom is 0.412 e. The summed E-state index contributed by atoms with van der Waals surface area (Å²) >= 11 is 0. The Balaban J connectivity index is 1.40. The monoisotopic (exact) mass is 803 g/mol. The van der Waals surface area contributed by atoms with Crippen LogP contribution in [0.1, 0.15) is 34.7 Å². The fourth-order valence-corrected chi connectivity index (χ4v) is 5.73. The smallest absolute Gasteiger partial charge is 0.412 e. The van der Waals surface area contributed by atoms with Gasteiger partial charge in [-0.25, -0.2) is 14.4 Å². The Kier molecular flexibility index (Phi) is 15.8. The summed E-state index contributed by atoms with van der Waals surface area (Å²) in [7, 11) is 2.52. The Labute approximate surface area is 341 Å². The number of alkyl carbamates (subject to hydrolysis) is 1. The SMILES string of the molecule is CNC(=O)Oc1cc(C[C@H](NC(=O)[C@H](Cc2ccc(OCc3ccccc3)c(OCc3ccccc3)c2)NC(=O)OCc2ccccc2)C(=O)OC)ccc1OC(C)=O. The van der Waals surface area contributed by atoms with Crippen LogP contribution in [-0.2, 0) is 56.5 Å². The summed E-state index contributed by atoms with van der Waals surface area (Å²) in [6.45, 7) is 1.65. The van der Waals surface area contributed by atoms with Crippen molar-refractivity contribution in [1.29, 1.82) is 0 Å². The predicted octanol–water partition coefficient (Wildman–Crippen LogP) is 6.23.